The van der Waals surface area contributed by atoms with Crippen molar-refractivity contribution < 1.29 is 19.3 Å². The molecule has 9 nitrogen and oxygen atoms in total. The second-order valence-electron chi connectivity index (χ2n) is 6.45. The second kappa shape index (κ2) is 8.21. The van der Waals surface area contributed by atoms with Crippen molar-refractivity contribution >= 4 is 46.7 Å². The lowest BCUT2D eigenvalue weighted by Crippen LogP contribution is -2.53. The Morgan fingerprint density at radius 1 is 1.27 bits per heavy atom. The molecule has 1 aromatic heterocycles. The molecule has 0 spiro atoms. The highest BCUT2D eigenvalue weighted by Crippen LogP contribution is 2.22. The summed E-state index contributed by atoms with van der Waals surface area (Å²) in [4.78, 5) is 49.4. The van der Waals surface area contributed by atoms with Crippen LogP contribution in [0.2, 0.25) is 0 Å². The zero-order valence-electron chi connectivity index (χ0n) is 15.8. The molecule has 0 radical (unpaired) electrons. The molecule has 2 amide bonds. The predicted molar refractivity (Wildman–Crippen MR) is 113 cm³/mol. The van der Waals surface area contributed by atoms with Gasteiger partial charge in [-0.05, 0) is 30.4 Å². The van der Waals surface area contributed by atoms with Crippen molar-refractivity contribution in [3.63, 3.8) is 0 Å². The number of thiocarbonyl (C=S) groups is 1. The third kappa shape index (κ3) is 3.94. The Bertz CT molecular complexity index is 1130. The van der Waals surface area contributed by atoms with Gasteiger partial charge in [0.2, 0.25) is 0 Å². The molecule has 0 aliphatic carbocycles. The van der Waals surface area contributed by atoms with Crippen LogP contribution in [0.3, 0.4) is 0 Å². The van der Waals surface area contributed by atoms with Gasteiger partial charge in [-0.25, -0.2) is 0 Å². The van der Waals surface area contributed by atoms with E-state index in [0.717, 1.165) is 0 Å². The van der Waals surface area contributed by atoms with Gasteiger partial charge in [-0.15, -0.1) is 6.58 Å². The maximum absolute atomic E-state index is 12.9. The number of nitrogens with one attached hydrogen (secondary N) is 1. The van der Waals surface area contributed by atoms with Crippen molar-refractivity contribution in [3.8, 4) is 0 Å². The highest BCUT2D eigenvalue weighted by molar-refractivity contribution is 7.80. The summed E-state index contributed by atoms with van der Waals surface area (Å²) >= 11 is 5.02. The number of rotatable bonds is 6. The standard InChI is InChI=1S/C20H16N4O5S/c1-3-8-23-19(27)15(18(26)21-20(23)30)9-13-10-22(2)11-16(13)17(25)12-4-6-14(7-5-12)24(28)29/h3-7,9-11H,1,8H2,2H3,(H,21,26,30). The number of carbonyl (C=O) groups is 3. The molecule has 2 heterocycles. The smallest absolute Gasteiger partial charge is 0.269 e. The number of ketones is 1. The number of hydrogen-bond donors (Lipinski definition) is 1. The molecule has 0 unspecified atom stereocenters. The number of aryl methyl sites for hydroxylation is 1. The Hall–Kier alpha value is -3.92. The summed E-state index contributed by atoms with van der Waals surface area (Å²) in [7, 11) is 1.69. The van der Waals surface area contributed by atoms with Crippen LogP contribution in [0, 0.1) is 10.1 Å². The van der Waals surface area contributed by atoms with Crippen LogP contribution in [0.1, 0.15) is 21.5 Å². The molecule has 2 aromatic rings. The van der Waals surface area contributed by atoms with E-state index in [-0.39, 0.29) is 34.0 Å². The largest absolute Gasteiger partial charge is 0.356 e. The number of non-ortho nitro benzene ring substituents is 1. The Morgan fingerprint density at radius 3 is 2.53 bits per heavy atom. The molecule has 1 aromatic carbocycles. The van der Waals surface area contributed by atoms with Crippen LogP contribution in [0.4, 0.5) is 5.69 Å². The van der Waals surface area contributed by atoms with Gasteiger partial charge >= 0.3 is 0 Å². The summed E-state index contributed by atoms with van der Waals surface area (Å²) in [5.41, 5.74) is 0.521. The maximum Gasteiger partial charge on any atom is 0.269 e. The molecule has 1 aliphatic heterocycles. The molecule has 1 fully saturated rings. The number of nitro benzene ring substituents is 1. The zero-order chi connectivity index (χ0) is 22.0. The highest BCUT2D eigenvalue weighted by atomic mass is 32.1. The Kier molecular flexibility index (Phi) is 5.70. The molecule has 0 bridgehead atoms. The molecule has 10 heteroatoms. The lowest BCUT2D eigenvalue weighted by atomic mass is 10.00. The lowest BCUT2D eigenvalue weighted by molar-refractivity contribution is -0.384. The molecule has 1 saturated heterocycles. The average Bonchev–Trinajstić information content (AvgIpc) is 3.08. The molecule has 0 atom stereocenters. The van der Waals surface area contributed by atoms with Gasteiger partial charge in [0.05, 0.1) is 4.92 Å². The SMILES string of the molecule is C=CCN1C(=O)C(=Cc2cn(C)cc2C(=O)c2ccc([N+](=O)[O-])cc2)C(=O)NC1=S. The Morgan fingerprint density at radius 2 is 1.93 bits per heavy atom. The van der Waals surface area contributed by atoms with E-state index in [1.54, 1.807) is 24.0 Å². The number of amides is 2. The summed E-state index contributed by atoms with van der Waals surface area (Å²) < 4.78 is 1.61. The van der Waals surface area contributed by atoms with E-state index in [1.165, 1.54) is 41.3 Å². The van der Waals surface area contributed by atoms with Gasteiger partial charge in [0, 0.05) is 54.8 Å². The van der Waals surface area contributed by atoms with Crippen molar-refractivity contribution in [1.82, 2.24) is 14.8 Å². The van der Waals surface area contributed by atoms with Crippen LogP contribution < -0.4 is 5.32 Å². The zero-order valence-corrected chi connectivity index (χ0v) is 16.6. The molecule has 152 valence electrons. The monoisotopic (exact) mass is 424 g/mol. The number of hydrogen-bond acceptors (Lipinski definition) is 6. The second-order valence-corrected chi connectivity index (χ2v) is 6.83. The first-order chi connectivity index (χ1) is 14.2. The topological polar surface area (TPSA) is 115 Å². The third-order valence-corrected chi connectivity index (χ3v) is 4.69. The average molecular weight is 424 g/mol. The fraction of sp³-hybridized carbons (Fsp3) is 0.100. The summed E-state index contributed by atoms with van der Waals surface area (Å²) in [6.07, 6.45) is 5.95. The normalized spacial score (nSPS) is 15.3. The van der Waals surface area contributed by atoms with Gasteiger partial charge in [-0.3, -0.25) is 34.7 Å². The van der Waals surface area contributed by atoms with Crippen molar-refractivity contribution in [2.45, 2.75) is 0 Å². The molecule has 1 aliphatic rings. The van der Waals surface area contributed by atoms with Crippen LogP contribution in [0.25, 0.3) is 6.08 Å². The van der Waals surface area contributed by atoms with Crippen LogP contribution in [0.15, 0.2) is 54.9 Å². The minimum atomic E-state index is -0.664. The summed E-state index contributed by atoms with van der Waals surface area (Å²) in [5.74, 6) is -1.66. The Balaban J connectivity index is 2.00. The van der Waals surface area contributed by atoms with Crippen LogP contribution in [-0.4, -0.2) is 43.6 Å². The molecule has 3 rings (SSSR count). The number of carbonyl (C=O) groups excluding carboxylic acids is 3. The van der Waals surface area contributed by atoms with E-state index < -0.39 is 22.5 Å². The fourth-order valence-electron chi connectivity index (χ4n) is 2.94. The van der Waals surface area contributed by atoms with E-state index in [9.17, 15) is 24.5 Å². The minimum absolute atomic E-state index is 0.0164. The molecular formula is C20H16N4O5S. The number of benzene rings is 1. The molecular weight excluding hydrogens is 408 g/mol. The summed E-state index contributed by atoms with van der Waals surface area (Å²) in [6.45, 7) is 3.69. The first kappa shape index (κ1) is 20.8. The van der Waals surface area contributed by atoms with Crippen LogP contribution in [-0.2, 0) is 16.6 Å². The quantitative estimate of drug-likeness (QED) is 0.144. The van der Waals surface area contributed by atoms with Crippen molar-refractivity contribution in [3.05, 3.63) is 81.7 Å². The predicted octanol–water partition coefficient (Wildman–Crippen LogP) is 1.98. The number of aromatic nitrogens is 1. The fourth-order valence-corrected chi connectivity index (χ4v) is 3.19. The molecule has 30 heavy (non-hydrogen) atoms. The van der Waals surface area contributed by atoms with Gasteiger partial charge in [-0.1, -0.05) is 6.08 Å². The highest BCUT2D eigenvalue weighted by Gasteiger charge is 2.33. The lowest BCUT2D eigenvalue weighted by Gasteiger charge is -2.27. The van der Waals surface area contributed by atoms with E-state index in [2.05, 4.69) is 11.9 Å². The Labute approximate surface area is 176 Å². The minimum Gasteiger partial charge on any atom is -0.356 e. The van der Waals surface area contributed by atoms with E-state index in [1.807, 2.05) is 0 Å². The van der Waals surface area contributed by atoms with Crippen LogP contribution >= 0.6 is 12.2 Å². The van der Waals surface area contributed by atoms with Crippen LogP contribution in [0.5, 0.6) is 0 Å². The van der Waals surface area contributed by atoms with Gasteiger partial charge in [0.15, 0.2) is 10.9 Å². The third-order valence-electron chi connectivity index (χ3n) is 4.37. The van der Waals surface area contributed by atoms with Gasteiger partial charge in [0.1, 0.15) is 5.57 Å². The molecule has 1 N–H and O–H groups in total. The van der Waals surface area contributed by atoms with Crippen molar-refractivity contribution in [2.24, 2.45) is 7.05 Å². The van der Waals surface area contributed by atoms with Gasteiger partial charge in [-0.2, -0.15) is 0 Å². The summed E-state index contributed by atoms with van der Waals surface area (Å²) in [6, 6.07) is 5.18. The van der Waals surface area contributed by atoms with Gasteiger partial charge < -0.3 is 4.57 Å². The van der Waals surface area contributed by atoms with Crippen molar-refractivity contribution in [2.75, 3.05) is 6.54 Å². The number of nitrogens with zero attached hydrogens (tertiary/aromatic N) is 3. The van der Waals surface area contributed by atoms with E-state index >= 15 is 0 Å². The molecule has 0 saturated carbocycles. The van der Waals surface area contributed by atoms with Gasteiger partial charge in [0.25, 0.3) is 17.5 Å². The first-order valence-corrected chi connectivity index (χ1v) is 9.08. The maximum atomic E-state index is 12.9. The van der Waals surface area contributed by atoms with Crippen molar-refractivity contribution in [1.29, 1.82) is 0 Å². The summed E-state index contributed by atoms with van der Waals surface area (Å²) in [5, 5.41) is 13.2. The number of nitro groups is 1. The van der Waals surface area contributed by atoms with E-state index in [4.69, 9.17) is 12.2 Å². The van der Waals surface area contributed by atoms with E-state index in [0.29, 0.717) is 5.56 Å². The first-order valence-electron chi connectivity index (χ1n) is 8.67.